The van der Waals surface area contributed by atoms with Crippen LogP contribution in [0.3, 0.4) is 0 Å². The van der Waals surface area contributed by atoms with Gasteiger partial charge in [-0.3, -0.25) is 0 Å². The molecular weight excluding hydrogens is 324 g/mol. The third-order valence-corrected chi connectivity index (χ3v) is 5.67. The van der Waals surface area contributed by atoms with Crippen LogP contribution in [0.1, 0.15) is 26.2 Å². The highest BCUT2D eigenvalue weighted by Gasteiger charge is 2.30. The van der Waals surface area contributed by atoms with E-state index in [-0.39, 0.29) is 12.4 Å². The molecule has 1 heterocycles. The fourth-order valence-corrected chi connectivity index (χ4v) is 4.35. The lowest BCUT2D eigenvalue weighted by Gasteiger charge is -2.31. The molecule has 22 heavy (non-hydrogen) atoms. The molecule has 0 amide bonds. The van der Waals surface area contributed by atoms with Crippen molar-refractivity contribution in [3.63, 3.8) is 0 Å². The number of rotatable bonds is 6. The van der Waals surface area contributed by atoms with Gasteiger partial charge in [-0.15, -0.1) is 12.4 Å². The van der Waals surface area contributed by atoms with E-state index in [2.05, 4.69) is 0 Å². The zero-order chi connectivity index (χ0) is 15.3. The number of nitrogens with two attached hydrogens (primary N) is 1. The Bertz CT molecular complexity index is 564. The van der Waals surface area contributed by atoms with Gasteiger partial charge in [0.2, 0.25) is 10.0 Å². The molecule has 2 rings (SSSR count). The van der Waals surface area contributed by atoms with Crippen LogP contribution in [0.25, 0.3) is 0 Å². The smallest absolute Gasteiger partial charge is 0.243 e. The Morgan fingerprint density at radius 3 is 2.86 bits per heavy atom. The molecule has 1 fully saturated rings. The molecule has 1 aromatic carbocycles. The Labute approximate surface area is 139 Å². The number of hydrogen-bond acceptors (Lipinski definition) is 4. The summed E-state index contributed by atoms with van der Waals surface area (Å²) in [6, 6.07) is 6.73. The van der Waals surface area contributed by atoms with Crippen LogP contribution in [-0.4, -0.2) is 39.0 Å². The molecule has 0 radical (unpaired) electrons. The summed E-state index contributed by atoms with van der Waals surface area (Å²) in [7, 11) is -3.44. The van der Waals surface area contributed by atoms with E-state index < -0.39 is 10.0 Å². The number of sulfonamides is 1. The number of ether oxygens (including phenoxy) is 1. The van der Waals surface area contributed by atoms with E-state index in [0.717, 1.165) is 19.3 Å². The standard InChI is InChI=1S/C15H24N2O3S.ClH/c1-2-20-14-6-3-7-15(11-14)21(18,19)17-10-4-5-13(12-17)8-9-16;/h3,6-7,11,13H,2,4-5,8-10,12,16H2,1H3;1H. The second-order valence-electron chi connectivity index (χ2n) is 5.36. The first-order valence-electron chi connectivity index (χ1n) is 7.51. The molecule has 1 aromatic rings. The molecule has 0 aliphatic carbocycles. The normalized spacial score (nSPS) is 19.5. The molecule has 5 nitrogen and oxygen atoms in total. The largest absolute Gasteiger partial charge is 0.494 e. The maximum absolute atomic E-state index is 12.7. The molecule has 1 aliphatic rings. The van der Waals surface area contributed by atoms with Gasteiger partial charge in [-0.05, 0) is 50.8 Å². The molecule has 0 saturated carbocycles. The molecule has 2 N–H and O–H groups in total. The fourth-order valence-electron chi connectivity index (χ4n) is 2.76. The Balaban J connectivity index is 0.00000242. The van der Waals surface area contributed by atoms with E-state index >= 15 is 0 Å². The van der Waals surface area contributed by atoms with Gasteiger partial charge in [-0.25, -0.2) is 8.42 Å². The first kappa shape index (κ1) is 19.2. The first-order chi connectivity index (χ1) is 10.1. The zero-order valence-corrected chi connectivity index (χ0v) is 14.5. The summed E-state index contributed by atoms with van der Waals surface area (Å²) in [4.78, 5) is 0.307. The monoisotopic (exact) mass is 348 g/mol. The van der Waals surface area contributed by atoms with Gasteiger partial charge in [-0.2, -0.15) is 4.31 Å². The molecule has 0 bridgehead atoms. The van der Waals surface area contributed by atoms with Gasteiger partial charge in [-0.1, -0.05) is 6.07 Å². The van der Waals surface area contributed by atoms with Crippen LogP contribution in [0.4, 0.5) is 0 Å². The fraction of sp³-hybridized carbons (Fsp3) is 0.600. The summed E-state index contributed by atoms with van der Waals surface area (Å²) in [6.07, 6.45) is 2.84. The van der Waals surface area contributed by atoms with Crippen molar-refractivity contribution in [1.82, 2.24) is 4.31 Å². The zero-order valence-electron chi connectivity index (χ0n) is 12.9. The summed E-state index contributed by atoms with van der Waals surface area (Å²) in [6.45, 7) is 4.16. The van der Waals surface area contributed by atoms with E-state index in [1.54, 1.807) is 28.6 Å². The summed E-state index contributed by atoms with van der Waals surface area (Å²) in [5.74, 6) is 0.961. The first-order valence-corrected chi connectivity index (χ1v) is 8.95. The van der Waals surface area contributed by atoms with Crippen molar-refractivity contribution in [2.24, 2.45) is 11.7 Å². The van der Waals surface area contributed by atoms with E-state index in [0.29, 0.717) is 42.8 Å². The highest BCUT2D eigenvalue weighted by molar-refractivity contribution is 7.89. The molecule has 0 spiro atoms. The van der Waals surface area contributed by atoms with Crippen LogP contribution in [-0.2, 0) is 10.0 Å². The number of piperidine rings is 1. The van der Waals surface area contributed by atoms with Crippen LogP contribution >= 0.6 is 12.4 Å². The van der Waals surface area contributed by atoms with Gasteiger partial charge in [0, 0.05) is 19.2 Å². The molecule has 0 aromatic heterocycles. The van der Waals surface area contributed by atoms with Crippen molar-refractivity contribution < 1.29 is 13.2 Å². The third kappa shape index (κ3) is 4.59. The third-order valence-electron chi connectivity index (χ3n) is 3.81. The SMILES string of the molecule is CCOc1cccc(S(=O)(=O)N2CCCC(CCN)C2)c1.Cl. The van der Waals surface area contributed by atoms with Crippen molar-refractivity contribution in [2.45, 2.75) is 31.1 Å². The van der Waals surface area contributed by atoms with Crippen LogP contribution < -0.4 is 10.5 Å². The van der Waals surface area contributed by atoms with E-state index in [1.165, 1.54) is 0 Å². The van der Waals surface area contributed by atoms with Gasteiger partial charge in [0.25, 0.3) is 0 Å². The van der Waals surface area contributed by atoms with E-state index in [9.17, 15) is 8.42 Å². The number of nitrogens with zero attached hydrogens (tertiary/aromatic N) is 1. The van der Waals surface area contributed by atoms with Crippen molar-refractivity contribution in [2.75, 3.05) is 26.2 Å². The molecule has 1 saturated heterocycles. The quantitative estimate of drug-likeness (QED) is 0.855. The summed E-state index contributed by atoms with van der Waals surface area (Å²) in [5, 5.41) is 0. The molecule has 7 heteroatoms. The topological polar surface area (TPSA) is 72.6 Å². The lowest BCUT2D eigenvalue weighted by Crippen LogP contribution is -2.40. The minimum Gasteiger partial charge on any atom is -0.494 e. The average molecular weight is 349 g/mol. The minimum absolute atomic E-state index is 0. The Hall–Kier alpha value is -0.820. The number of benzene rings is 1. The lowest BCUT2D eigenvalue weighted by atomic mass is 9.96. The van der Waals surface area contributed by atoms with Crippen molar-refractivity contribution in [1.29, 1.82) is 0 Å². The lowest BCUT2D eigenvalue weighted by molar-refractivity contribution is 0.258. The molecule has 1 aliphatic heterocycles. The van der Waals surface area contributed by atoms with E-state index in [1.807, 2.05) is 6.92 Å². The van der Waals surface area contributed by atoms with Crippen LogP contribution in [0, 0.1) is 5.92 Å². The van der Waals surface area contributed by atoms with Gasteiger partial charge < -0.3 is 10.5 Å². The highest BCUT2D eigenvalue weighted by atomic mass is 35.5. The maximum Gasteiger partial charge on any atom is 0.243 e. The van der Waals surface area contributed by atoms with E-state index in [4.69, 9.17) is 10.5 Å². The van der Waals surface area contributed by atoms with Gasteiger partial charge >= 0.3 is 0 Å². The second-order valence-corrected chi connectivity index (χ2v) is 7.29. The Morgan fingerprint density at radius 2 is 2.18 bits per heavy atom. The van der Waals surface area contributed by atoms with Crippen molar-refractivity contribution in [3.05, 3.63) is 24.3 Å². The summed E-state index contributed by atoms with van der Waals surface area (Å²) in [5.41, 5.74) is 5.59. The van der Waals surface area contributed by atoms with Gasteiger partial charge in [0.05, 0.1) is 11.5 Å². The van der Waals surface area contributed by atoms with Crippen LogP contribution in [0.15, 0.2) is 29.2 Å². The van der Waals surface area contributed by atoms with Crippen molar-refractivity contribution in [3.8, 4) is 5.75 Å². The molecular formula is C15H25ClN2O3S. The average Bonchev–Trinajstić information content (AvgIpc) is 2.48. The minimum atomic E-state index is -3.44. The summed E-state index contributed by atoms with van der Waals surface area (Å²) >= 11 is 0. The number of hydrogen-bond donors (Lipinski definition) is 1. The Kier molecular flexibility index (Phi) is 7.62. The summed E-state index contributed by atoms with van der Waals surface area (Å²) < 4.78 is 32.4. The predicted octanol–water partition coefficient (Wildman–Crippen LogP) is 2.26. The maximum atomic E-state index is 12.7. The van der Waals surface area contributed by atoms with Crippen LogP contribution in [0.2, 0.25) is 0 Å². The van der Waals surface area contributed by atoms with Gasteiger partial charge in [0.15, 0.2) is 0 Å². The number of halogens is 1. The van der Waals surface area contributed by atoms with Crippen LogP contribution in [0.5, 0.6) is 5.75 Å². The highest BCUT2D eigenvalue weighted by Crippen LogP contribution is 2.26. The molecule has 126 valence electrons. The van der Waals surface area contributed by atoms with Crippen molar-refractivity contribution >= 4 is 22.4 Å². The molecule has 1 unspecified atom stereocenters. The predicted molar refractivity (Wildman–Crippen MR) is 90.0 cm³/mol. The molecule has 1 atom stereocenters. The van der Waals surface area contributed by atoms with Gasteiger partial charge in [0.1, 0.15) is 5.75 Å². The Morgan fingerprint density at radius 1 is 1.41 bits per heavy atom. The second kappa shape index (κ2) is 8.72.